The Bertz CT molecular complexity index is 1220. The molecule has 1 unspecified atom stereocenters. The first-order valence-electron chi connectivity index (χ1n) is 12.4. The summed E-state index contributed by atoms with van der Waals surface area (Å²) in [6.45, 7) is 13.7. The Morgan fingerprint density at radius 2 is 1.64 bits per heavy atom. The molecule has 0 saturated carbocycles. The van der Waals surface area contributed by atoms with E-state index in [-0.39, 0.29) is 0 Å². The Hall–Kier alpha value is -3.55. The van der Waals surface area contributed by atoms with Crippen molar-refractivity contribution < 1.29 is 19.1 Å². The molecule has 1 heterocycles. The summed E-state index contributed by atoms with van der Waals surface area (Å²) in [4.78, 5) is 24.4. The number of benzene rings is 2. The van der Waals surface area contributed by atoms with Gasteiger partial charge in [0, 0.05) is 17.5 Å². The zero-order valence-electron chi connectivity index (χ0n) is 22.3. The molecule has 0 radical (unpaired) electrons. The predicted molar refractivity (Wildman–Crippen MR) is 143 cm³/mol. The van der Waals surface area contributed by atoms with Crippen molar-refractivity contribution in [1.82, 2.24) is 15.1 Å². The van der Waals surface area contributed by atoms with Gasteiger partial charge in [0.25, 0.3) is 0 Å². The van der Waals surface area contributed by atoms with Crippen LogP contribution >= 0.6 is 0 Å². The molecule has 0 aliphatic rings. The van der Waals surface area contributed by atoms with Crippen molar-refractivity contribution in [3.05, 3.63) is 48.2 Å². The number of nitrogens with one attached hydrogen (secondary N) is 1. The Morgan fingerprint density at radius 3 is 2.22 bits per heavy atom. The number of nitrogen functional groups attached to an aromatic ring is 1. The van der Waals surface area contributed by atoms with Crippen LogP contribution in [0.3, 0.4) is 0 Å². The molecule has 1 aromatic heterocycles. The minimum atomic E-state index is -0.620. The second kappa shape index (κ2) is 10.6. The van der Waals surface area contributed by atoms with Crippen LogP contribution in [-0.4, -0.2) is 39.7 Å². The van der Waals surface area contributed by atoms with Gasteiger partial charge in [0.05, 0.1) is 17.4 Å². The highest BCUT2D eigenvalue weighted by molar-refractivity contribution is 6.01. The van der Waals surface area contributed by atoms with E-state index in [4.69, 9.17) is 15.2 Å². The van der Waals surface area contributed by atoms with Crippen molar-refractivity contribution in [2.75, 3.05) is 12.3 Å². The molecule has 0 bridgehead atoms. The molecule has 8 nitrogen and oxygen atoms in total. The van der Waals surface area contributed by atoms with Crippen LogP contribution in [0.15, 0.2) is 42.6 Å². The standard InChI is InChI=1S/C28H38N4O4/c1-8-18(15-16-30-25(33)35-27(2,3)4)19-9-11-20(12-10-19)21-13-14-23-22(24(21)29)17-31-32(23)26(34)36-28(5,6)7/h9-14,17-18H,8,15-16,29H2,1-7H3,(H,30,33). The van der Waals surface area contributed by atoms with E-state index < -0.39 is 23.4 Å². The summed E-state index contributed by atoms with van der Waals surface area (Å²) in [5, 5.41) is 7.74. The molecule has 0 aliphatic carbocycles. The number of nitrogens with two attached hydrogens (primary N) is 1. The lowest BCUT2D eigenvalue weighted by molar-refractivity contribution is 0.0513. The Balaban J connectivity index is 1.73. The number of rotatable bonds is 6. The SMILES string of the molecule is CCC(CCNC(=O)OC(C)(C)C)c1ccc(-c2ccc3c(cnn3C(=O)OC(C)(C)C)c2N)cc1. The fraction of sp³-hybridized carbons (Fsp3) is 0.464. The second-order valence-corrected chi connectivity index (χ2v) is 10.9. The van der Waals surface area contributed by atoms with Crippen LogP contribution in [0.2, 0.25) is 0 Å². The molecule has 1 amide bonds. The van der Waals surface area contributed by atoms with Gasteiger partial charge >= 0.3 is 12.2 Å². The summed E-state index contributed by atoms with van der Waals surface area (Å²) in [5.74, 6) is 0.306. The van der Waals surface area contributed by atoms with Crippen molar-refractivity contribution >= 4 is 28.8 Å². The molecule has 0 fully saturated rings. The summed E-state index contributed by atoms with van der Waals surface area (Å²) in [5.41, 5.74) is 9.57. The van der Waals surface area contributed by atoms with Gasteiger partial charge in [-0.25, -0.2) is 9.59 Å². The number of nitrogens with zero attached hydrogens (tertiary/aromatic N) is 2. The lowest BCUT2D eigenvalue weighted by atomic mass is 9.91. The summed E-state index contributed by atoms with van der Waals surface area (Å²) in [6.07, 6.45) is 2.42. The molecule has 194 valence electrons. The van der Waals surface area contributed by atoms with Crippen LogP contribution in [0.25, 0.3) is 22.0 Å². The zero-order chi connectivity index (χ0) is 26.7. The number of carbonyl (C=O) groups excluding carboxylic acids is 2. The smallest absolute Gasteiger partial charge is 0.435 e. The minimum absolute atomic E-state index is 0.306. The third kappa shape index (κ3) is 6.77. The van der Waals surface area contributed by atoms with Gasteiger partial charge in [-0.2, -0.15) is 9.78 Å². The molecule has 3 aromatic rings. The van der Waals surface area contributed by atoms with E-state index in [9.17, 15) is 9.59 Å². The first-order chi connectivity index (χ1) is 16.8. The number of amides is 1. The van der Waals surface area contributed by atoms with Gasteiger partial charge < -0.3 is 20.5 Å². The first-order valence-corrected chi connectivity index (χ1v) is 12.4. The lowest BCUT2D eigenvalue weighted by Gasteiger charge is -2.21. The van der Waals surface area contributed by atoms with E-state index in [1.807, 2.05) is 53.7 Å². The Kier molecular flexibility index (Phi) is 7.96. The van der Waals surface area contributed by atoms with E-state index in [2.05, 4.69) is 41.6 Å². The molecular weight excluding hydrogens is 456 g/mol. The molecular formula is C28H38N4O4. The molecule has 0 spiro atoms. The molecule has 3 rings (SSSR count). The topological polar surface area (TPSA) is 108 Å². The maximum atomic E-state index is 12.5. The summed E-state index contributed by atoms with van der Waals surface area (Å²) in [6, 6.07) is 12.0. The highest BCUT2D eigenvalue weighted by Crippen LogP contribution is 2.34. The number of aromatic nitrogens is 2. The number of ether oxygens (including phenoxy) is 2. The summed E-state index contributed by atoms with van der Waals surface area (Å²) < 4.78 is 12.0. The minimum Gasteiger partial charge on any atom is -0.444 e. The van der Waals surface area contributed by atoms with Crippen molar-refractivity contribution in [3.8, 4) is 11.1 Å². The van der Waals surface area contributed by atoms with Gasteiger partial charge in [-0.1, -0.05) is 37.3 Å². The third-order valence-corrected chi connectivity index (χ3v) is 5.71. The normalized spacial score (nSPS) is 12.9. The van der Waals surface area contributed by atoms with Crippen molar-refractivity contribution in [2.24, 2.45) is 0 Å². The second-order valence-electron chi connectivity index (χ2n) is 10.9. The highest BCUT2D eigenvalue weighted by atomic mass is 16.6. The van der Waals surface area contributed by atoms with Gasteiger partial charge in [-0.3, -0.25) is 0 Å². The molecule has 1 atom stereocenters. The summed E-state index contributed by atoms with van der Waals surface area (Å²) >= 11 is 0. The maximum Gasteiger partial charge on any atom is 0.435 e. The van der Waals surface area contributed by atoms with Crippen LogP contribution in [0.5, 0.6) is 0 Å². The van der Waals surface area contributed by atoms with Gasteiger partial charge in [-0.05, 0) is 77.5 Å². The van der Waals surface area contributed by atoms with E-state index in [0.29, 0.717) is 29.1 Å². The number of carbonyl (C=O) groups is 2. The predicted octanol–water partition coefficient (Wildman–Crippen LogP) is 6.48. The lowest BCUT2D eigenvalue weighted by Crippen LogP contribution is -2.33. The average molecular weight is 495 g/mol. The molecule has 2 aromatic carbocycles. The van der Waals surface area contributed by atoms with Crippen molar-refractivity contribution in [2.45, 2.75) is 78.4 Å². The van der Waals surface area contributed by atoms with Crippen molar-refractivity contribution in [1.29, 1.82) is 0 Å². The molecule has 0 saturated heterocycles. The quantitative estimate of drug-likeness (QED) is 0.380. The molecule has 8 heteroatoms. The third-order valence-electron chi connectivity index (χ3n) is 5.71. The van der Waals surface area contributed by atoms with E-state index in [1.165, 1.54) is 10.2 Å². The van der Waals surface area contributed by atoms with E-state index in [1.54, 1.807) is 6.20 Å². The summed E-state index contributed by atoms with van der Waals surface area (Å²) in [7, 11) is 0. The van der Waals surface area contributed by atoms with Crippen LogP contribution < -0.4 is 11.1 Å². The van der Waals surface area contributed by atoms with Crippen LogP contribution in [0.1, 0.15) is 72.8 Å². The average Bonchev–Trinajstić information content (AvgIpc) is 3.20. The number of anilines is 1. The van der Waals surface area contributed by atoms with Crippen LogP contribution in [0.4, 0.5) is 15.3 Å². The number of alkyl carbamates (subject to hydrolysis) is 1. The van der Waals surface area contributed by atoms with E-state index in [0.717, 1.165) is 24.0 Å². The van der Waals surface area contributed by atoms with Crippen LogP contribution in [0, 0.1) is 0 Å². The fourth-order valence-electron chi connectivity index (χ4n) is 4.03. The number of hydrogen-bond acceptors (Lipinski definition) is 6. The Labute approximate surface area is 213 Å². The van der Waals surface area contributed by atoms with Gasteiger partial charge in [-0.15, -0.1) is 0 Å². The van der Waals surface area contributed by atoms with Crippen molar-refractivity contribution in [3.63, 3.8) is 0 Å². The van der Waals surface area contributed by atoms with Gasteiger partial charge in [0.2, 0.25) is 0 Å². The van der Waals surface area contributed by atoms with Gasteiger partial charge in [0.1, 0.15) is 11.2 Å². The number of hydrogen-bond donors (Lipinski definition) is 2. The highest BCUT2D eigenvalue weighted by Gasteiger charge is 2.21. The fourth-order valence-corrected chi connectivity index (χ4v) is 4.03. The maximum absolute atomic E-state index is 12.5. The molecule has 36 heavy (non-hydrogen) atoms. The van der Waals surface area contributed by atoms with Gasteiger partial charge in [0.15, 0.2) is 0 Å². The first kappa shape index (κ1) is 27.0. The molecule has 3 N–H and O–H groups in total. The van der Waals surface area contributed by atoms with Crippen LogP contribution in [-0.2, 0) is 9.47 Å². The largest absolute Gasteiger partial charge is 0.444 e. The Morgan fingerprint density at radius 1 is 1.00 bits per heavy atom. The molecule has 0 aliphatic heterocycles. The van der Waals surface area contributed by atoms with E-state index >= 15 is 0 Å². The monoisotopic (exact) mass is 494 g/mol. The zero-order valence-corrected chi connectivity index (χ0v) is 22.3. The number of fused-ring (bicyclic) bond motifs is 1.